The molecule has 0 saturated carbocycles. The number of terminal acetylenes is 1. The molecule has 0 aliphatic heterocycles. The summed E-state index contributed by atoms with van der Waals surface area (Å²) in [7, 11) is 0. The lowest BCUT2D eigenvalue weighted by atomic mass is 9.80. The van der Waals surface area contributed by atoms with Crippen LogP contribution in [0.15, 0.2) is 91.0 Å². The number of hydrogen-bond acceptors (Lipinski definition) is 1. The molecule has 0 N–H and O–H groups in total. The third-order valence-corrected chi connectivity index (χ3v) is 4.42. The summed E-state index contributed by atoms with van der Waals surface area (Å²) in [6, 6.07) is 30.9. The van der Waals surface area contributed by atoms with Crippen LogP contribution in [-0.4, -0.2) is 6.10 Å². The summed E-state index contributed by atoms with van der Waals surface area (Å²) in [5, 5.41) is 0. The Morgan fingerprint density at radius 2 is 1.12 bits per heavy atom. The van der Waals surface area contributed by atoms with Crippen LogP contribution in [-0.2, 0) is 10.3 Å². The highest BCUT2D eigenvalue weighted by atomic mass is 16.5. The number of rotatable bonds is 6. The van der Waals surface area contributed by atoms with Gasteiger partial charge in [-0.1, -0.05) is 104 Å². The molecule has 0 aliphatic rings. The maximum atomic E-state index is 6.66. The highest BCUT2D eigenvalue weighted by molar-refractivity contribution is 5.47. The topological polar surface area (TPSA) is 9.23 Å². The average molecular weight is 326 g/mol. The minimum Gasteiger partial charge on any atom is -0.345 e. The Balaban J connectivity index is 2.30. The van der Waals surface area contributed by atoms with Crippen LogP contribution in [0.5, 0.6) is 0 Å². The molecule has 0 bridgehead atoms. The molecule has 0 saturated heterocycles. The highest BCUT2D eigenvalue weighted by Gasteiger charge is 2.39. The van der Waals surface area contributed by atoms with Crippen LogP contribution < -0.4 is 0 Å². The van der Waals surface area contributed by atoms with Gasteiger partial charge in [-0.3, -0.25) is 0 Å². The minimum atomic E-state index is -0.739. The molecule has 124 valence electrons. The summed E-state index contributed by atoms with van der Waals surface area (Å²) in [5.74, 6) is 2.79. The first-order valence-electron chi connectivity index (χ1n) is 8.61. The Labute approximate surface area is 150 Å². The third-order valence-electron chi connectivity index (χ3n) is 4.42. The Morgan fingerprint density at radius 1 is 0.760 bits per heavy atom. The van der Waals surface area contributed by atoms with Gasteiger partial charge in [0, 0.05) is 0 Å². The molecule has 3 rings (SSSR count). The molecule has 0 spiro atoms. The second-order valence-electron chi connectivity index (χ2n) is 5.96. The molecule has 1 atom stereocenters. The standard InChI is InChI=1S/C24H22O/c1-3-23(4-2)25-24(20-14-8-5-9-15-20,21-16-10-6-11-17-21)22-18-12-7-13-19-22/h1,5-19,23H,4H2,2H3. The number of benzene rings is 3. The van der Waals surface area contributed by atoms with E-state index in [4.69, 9.17) is 11.2 Å². The predicted octanol–water partition coefficient (Wildman–Crippen LogP) is 5.41. The Morgan fingerprint density at radius 3 is 1.40 bits per heavy atom. The van der Waals surface area contributed by atoms with E-state index < -0.39 is 5.60 Å². The van der Waals surface area contributed by atoms with Crippen LogP contribution in [0.3, 0.4) is 0 Å². The molecule has 25 heavy (non-hydrogen) atoms. The van der Waals surface area contributed by atoms with E-state index in [0.29, 0.717) is 0 Å². The lowest BCUT2D eigenvalue weighted by Crippen LogP contribution is -2.36. The van der Waals surface area contributed by atoms with E-state index in [2.05, 4.69) is 49.2 Å². The van der Waals surface area contributed by atoms with Gasteiger partial charge < -0.3 is 4.74 Å². The van der Waals surface area contributed by atoms with Crippen molar-refractivity contribution in [3.63, 3.8) is 0 Å². The van der Waals surface area contributed by atoms with Crippen molar-refractivity contribution in [2.75, 3.05) is 0 Å². The summed E-state index contributed by atoms with van der Waals surface area (Å²) < 4.78 is 6.66. The van der Waals surface area contributed by atoms with Crippen molar-refractivity contribution in [3.05, 3.63) is 108 Å². The molecule has 1 heteroatoms. The quantitative estimate of drug-likeness (QED) is 0.435. The zero-order valence-corrected chi connectivity index (χ0v) is 14.4. The van der Waals surface area contributed by atoms with E-state index in [9.17, 15) is 0 Å². The van der Waals surface area contributed by atoms with Crippen LogP contribution in [0.1, 0.15) is 30.0 Å². The zero-order chi connectivity index (χ0) is 17.5. The van der Waals surface area contributed by atoms with Gasteiger partial charge in [0.15, 0.2) is 0 Å². The molecule has 0 radical (unpaired) electrons. The zero-order valence-electron chi connectivity index (χ0n) is 14.4. The molecule has 1 nitrogen and oxygen atoms in total. The van der Waals surface area contributed by atoms with Crippen molar-refractivity contribution >= 4 is 0 Å². The summed E-state index contributed by atoms with van der Waals surface area (Å²) in [4.78, 5) is 0. The molecule has 0 fully saturated rings. The van der Waals surface area contributed by atoms with E-state index in [-0.39, 0.29) is 6.10 Å². The fourth-order valence-corrected chi connectivity index (χ4v) is 3.17. The Bertz CT molecular complexity index is 720. The van der Waals surface area contributed by atoms with Gasteiger partial charge in [0.25, 0.3) is 0 Å². The van der Waals surface area contributed by atoms with Crippen LogP contribution in [0, 0.1) is 12.3 Å². The van der Waals surface area contributed by atoms with Crippen molar-refractivity contribution in [1.82, 2.24) is 0 Å². The number of hydrogen-bond donors (Lipinski definition) is 0. The van der Waals surface area contributed by atoms with Gasteiger partial charge >= 0.3 is 0 Å². The SMILES string of the molecule is C#CC(CC)OC(c1ccccc1)(c1ccccc1)c1ccccc1. The van der Waals surface area contributed by atoms with Crippen LogP contribution >= 0.6 is 0 Å². The summed E-state index contributed by atoms with van der Waals surface area (Å²) in [6.45, 7) is 2.05. The Kier molecular flexibility index (Phi) is 5.33. The molecule has 0 aromatic heterocycles. The van der Waals surface area contributed by atoms with E-state index in [1.54, 1.807) is 0 Å². The van der Waals surface area contributed by atoms with Crippen molar-refractivity contribution in [2.24, 2.45) is 0 Å². The van der Waals surface area contributed by atoms with Gasteiger partial charge in [-0.25, -0.2) is 0 Å². The third kappa shape index (κ3) is 3.36. The first-order valence-corrected chi connectivity index (χ1v) is 8.61. The summed E-state index contributed by atoms with van der Waals surface area (Å²) in [5.41, 5.74) is 2.47. The highest BCUT2D eigenvalue weighted by Crippen LogP contribution is 2.41. The molecule has 3 aromatic rings. The van der Waals surface area contributed by atoms with Crippen LogP contribution in [0.2, 0.25) is 0 Å². The van der Waals surface area contributed by atoms with Gasteiger partial charge in [-0.05, 0) is 23.1 Å². The van der Waals surface area contributed by atoms with Gasteiger partial charge in [0.05, 0.1) is 0 Å². The lowest BCUT2D eigenvalue weighted by molar-refractivity contribution is -0.0210. The van der Waals surface area contributed by atoms with Gasteiger partial charge in [0.1, 0.15) is 11.7 Å². The van der Waals surface area contributed by atoms with Gasteiger partial charge in [-0.15, -0.1) is 6.42 Å². The second kappa shape index (κ2) is 7.83. The molecule has 1 unspecified atom stereocenters. The van der Waals surface area contributed by atoms with Crippen molar-refractivity contribution in [3.8, 4) is 12.3 Å². The normalized spacial score (nSPS) is 12.3. The van der Waals surface area contributed by atoms with E-state index in [0.717, 1.165) is 23.1 Å². The maximum Gasteiger partial charge on any atom is 0.145 e. The largest absolute Gasteiger partial charge is 0.345 e. The van der Waals surface area contributed by atoms with Gasteiger partial charge in [-0.2, -0.15) is 0 Å². The molecular weight excluding hydrogens is 304 g/mol. The van der Waals surface area contributed by atoms with E-state index >= 15 is 0 Å². The van der Waals surface area contributed by atoms with Crippen molar-refractivity contribution in [2.45, 2.75) is 25.0 Å². The first kappa shape index (κ1) is 17.0. The number of ether oxygens (including phenoxy) is 1. The van der Waals surface area contributed by atoms with Crippen molar-refractivity contribution in [1.29, 1.82) is 0 Å². The molecule has 0 amide bonds. The summed E-state index contributed by atoms with van der Waals surface area (Å²) in [6.07, 6.45) is 6.23. The molecule has 0 aliphatic carbocycles. The molecule has 0 heterocycles. The lowest BCUT2D eigenvalue weighted by Gasteiger charge is -2.37. The molecule has 3 aromatic carbocycles. The van der Waals surface area contributed by atoms with Crippen LogP contribution in [0.25, 0.3) is 0 Å². The molecular formula is C24H22O. The first-order chi connectivity index (χ1) is 12.3. The smallest absolute Gasteiger partial charge is 0.145 e. The van der Waals surface area contributed by atoms with E-state index in [1.165, 1.54) is 0 Å². The maximum absolute atomic E-state index is 6.66. The predicted molar refractivity (Wildman–Crippen MR) is 103 cm³/mol. The Hall–Kier alpha value is -2.82. The van der Waals surface area contributed by atoms with Gasteiger partial charge in [0.2, 0.25) is 0 Å². The monoisotopic (exact) mass is 326 g/mol. The second-order valence-corrected chi connectivity index (χ2v) is 5.96. The minimum absolute atomic E-state index is 0.277. The van der Waals surface area contributed by atoms with E-state index in [1.807, 2.05) is 54.6 Å². The average Bonchev–Trinajstić information content (AvgIpc) is 2.71. The fraction of sp³-hybridized carbons (Fsp3) is 0.167. The van der Waals surface area contributed by atoms with Crippen LogP contribution in [0.4, 0.5) is 0 Å². The van der Waals surface area contributed by atoms with Crippen molar-refractivity contribution < 1.29 is 4.74 Å². The fourth-order valence-electron chi connectivity index (χ4n) is 3.17. The summed E-state index contributed by atoms with van der Waals surface area (Å²) >= 11 is 0.